The van der Waals surface area contributed by atoms with E-state index in [1.165, 1.54) is 10.8 Å². The number of aromatic nitrogens is 2. The van der Waals surface area contributed by atoms with Crippen molar-refractivity contribution in [1.82, 2.24) is 9.55 Å². The van der Waals surface area contributed by atoms with Crippen LogP contribution in [0.15, 0.2) is 59.5 Å². The minimum atomic E-state index is -0.297. The first kappa shape index (κ1) is 18.6. The summed E-state index contributed by atoms with van der Waals surface area (Å²) in [6.45, 7) is 7.27. The average Bonchev–Trinajstić information content (AvgIpc) is 2.66. The van der Waals surface area contributed by atoms with Crippen LogP contribution in [0, 0.1) is 0 Å². The number of benzene rings is 2. The molecule has 6 heteroatoms. The summed E-state index contributed by atoms with van der Waals surface area (Å²) in [5, 5.41) is 2.86. The molecular weight excluding hydrogens is 340 g/mol. The summed E-state index contributed by atoms with van der Waals surface area (Å²) >= 11 is 0. The van der Waals surface area contributed by atoms with Gasteiger partial charge in [-0.3, -0.25) is 14.2 Å². The molecule has 0 saturated heterocycles. The molecule has 0 atom stereocenters. The number of amides is 1. The fourth-order valence-electron chi connectivity index (χ4n) is 3.20. The van der Waals surface area contributed by atoms with Crippen LogP contribution in [0.25, 0.3) is 11.0 Å². The summed E-state index contributed by atoms with van der Waals surface area (Å²) in [6.07, 6.45) is 1.25. The molecule has 140 valence electrons. The molecule has 2 aromatic carbocycles. The van der Waals surface area contributed by atoms with Crippen molar-refractivity contribution < 1.29 is 4.79 Å². The van der Waals surface area contributed by atoms with E-state index in [1.807, 2.05) is 42.5 Å². The van der Waals surface area contributed by atoms with Gasteiger partial charge in [-0.1, -0.05) is 12.1 Å². The minimum Gasteiger partial charge on any atom is -0.369 e. The summed E-state index contributed by atoms with van der Waals surface area (Å²) in [6, 6.07) is 15.4. The second-order valence-corrected chi connectivity index (χ2v) is 6.65. The zero-order chi connectivity index (χ0) is 19.4. The predicted octanol–water partition coefficient (Wildman–Crippen LogP) is 3.27. The van der Waals surface area contributed by atoms with Crippen molar-refractivity contribution in [2.45, 2.75) is 33.4 Å². The molecule has 3 aromatic rings. The van der Waals surface area contributed by atoms with Gasteiger partial charge in [0.05, 0.1) is 17.2 Å². The van der Waals surface area contributed by atoms with Crippen LogP contribution in [0.2, 0.25) is 0 Å². The average molecular weight is 364 g/mol. The molecule has 27 heavy (non-hydrogen) atoms. The summed E-state index contributed by atoms with van der Waals surface area (Å²) < 4.78 is 1.43. The van der Waals surface area contributed by atoms with Crippen LogP contribution in [-0.4, -0.2) is 28.0 Å². The van der Waals surface area contributed by atoms with E-state index in [1.54, 1.807) is 6.07 Å². The number of nitrogens with one attached hydrogen (secondary N) is 1. The molecule has 0 spiro atoms. The van der Waals surface area contributed by atoms with Gasteiger partial charge < -0.3 is 10.2 Å². The summed E-state index contributed by atoms with van der Waals surface area (Å²) in [4.78, 5) is 31.0. The fourth-order valence-corrected chi connectivity index (χ4v) is 3.20. The van der Waals surface area contributed by atoms with Crippen molar-refractivity contribution in [1.29, 1.82) is 0 Å². The van der Waals surface area contributed by atoms with Gasteiger partial charge in [-0.15, -0.1) is 0 Å². The van der Waals surface area contributed by atoms with Gasteiger partial charge in [-0.05, 0) is 57.2 Å². The lowest BCUT2D eigenvalue weighted by Gasteiger charge is -2.27. The molecule has 1 N–H and O–H groups in total. The monoisotopic (exact) mass is 364 g/mol. The molecule has 0 radical (unpaired) electrons. The first-order valence-electron chi connectivity index (χ1n) is 9.10. The SMILES string of the molecule is CCN(c1ccc(NC(=O)Cn2c(=O)cnc3ccccc32)cc1)C(C)C. The second-order valence-electron chi connectivity index (χ2n) is 6.65. The molecule has 6 nitrogen and oxygen atoms in total. The van der Waals surface area contributed by atoms with Crippen molar-refractivity contribution in [2.75, 3.05) is 16.8 Å². The molecule has 1 aromatic heterocycles. The quantitative estimate of drug-likeness (QED) is 0.729. The molecular formula is C21H24N4O2. The van der Waals surface area contributed by atoms with Crippen molar-refractivity contribution in [2.24, 2.45) is 0 Å². The van der Waals surface area contributed by atoms with E-state index >= 15 is 0 Å². The van der Waals surface area contributed by atoms with Crippen molar-refractivity contribution in [3.05, 3.63) is 65.1 Å². The Kier molecular flexibility index (Phi) is 5.54. The smallest absolute Gasteiger partial charge is 0.269 e. The lowest BCUT2D eigenvalue weighted by molar-refractivity contribution is -0.116. The third-order valence-electron chi connectivity index (χ3n) is 4.50. The third kappa shape index (κ3) is 4.16. The maximum absolute atomic E-state index is 12.5. The number of para-hydroxylation sites is 2. The van der Waals surface area contributed by atoms with Crippen LogP contribution >= 0.6 is 0 Å². The Hall–Kier alpha value is -3.15. The third-order valence-corrected chi connectivity index (χ3v) is 4.50. The Morgan fingerprint density at radius 2 is 1.85 bits per heavy atom. The largest absolute Gasteiger partial charge is 0.369 e. The van der Waals surface area contributed by atoms with Gasteiger partial charge in [0.15, 0.2) is 0 Å². The highest BCUT2D eigenvalue weighted by molar-refractivity contribution is 5.91. The lowest BCUT2D eigenvalue weighted by atomic mass is 10.2. The Morgan fingerprint density at radius 3 is 2.52 bits per heavy atom. The molecule has 3 rings (SSSR count). The van der Waals surface area contributed by atoms with Crippen molar-refractivity contribution in [3.63, 3.8) is 0 Å². The summed E-state index contributed by atoms with van der Waals surface area (Å²) in [7, 11) is 0. The maximum atomic E-state index is 12.5. The van der Waals surface area contributed by atoms with Crippen molar-refractivity contribution >= 4 is 28.3 Å². The number of anilines is 2. The van der Waals surface area contributed by atoms with E-state index in [0.717, 1.165) is 12.2 Å². The van der Waals surface area contributed by atoms with E-state index in [0.29, 0.717) is 22.8 Å². The Labute approximate surface area is 158 Å². The highest BCUT2D eigenvalue weighted by atomic mass is 16.2. The van der Waals surface area contributed by atoms with Crippen molar-refractivity contribution in [3.8, 4) is 0 Å². The maximum Gasteiger partial charge on any atom is 0.269 e. The highest BCUT2D eigenvalue weighted by Crippen LogP contribution is 2.20. The van der Waals surface area contributed by atoms with E-state index < -0.39 is 0 Å². The molecule has 0 aliphatic carbocycles. The van der Waals surface area contributed by atoms with Crippen LogP contribution < -0.4 is 15.8 Å². The number of hydrogen-bond donors (Lipinski definition) is 1. The van der Waals surface area contributed by atoms with Gasteiger partial charge in [-0.25, -0.2) is 4.98 Å². The molecule has 0 fully saturated rings. The predicted molar refractivity (Wildman–Crippen MR) is 109 cm³/mol. The minimum absolute atomic E-state index is 0.0588. The topological polar surface area (TPSA) is 67.2 Å². The van der Waals surface area contributed by atoms with Crippen LogP contribution in [-0.2, 0) is 11.3 Å². The first-order valence-corrected chi connectivity index (χ1v) is 9.10. The Bertz CT molecular complexity index is 993. The summed E-state index contributed by atoms with van der Waals surface area (Å²) in [5.41, 5.74) is 2.85. The van der Waals surface area contributed by atoms with E-state index in [4.69, 9.17) is 0 Å². The van der Waals surface area contributed by atoms with Gasteiger partial charge in [0, 0.05) is 24.0 Å². The highest BCUT2D eigenvalue weighted by Gasteiger charge is 2.11. The first-order chi connectivity index (χ1) is 13.0. The summed E-state index contributed by atoms with van der Waals surface area (Å²) in [5.74, 6) is -0.252. The molecule has 1 heterocycles. The van der Waals surface area contributed by atoms with Crippen LogP contribution in [0.3, 0.4) is 0 Å². The van der Waals surface area contributed by atoms with E-state index in [9.17, 15) is 9.59 Å². The number of nitrogens with zero attached hydrogens (tertiary/aromatic N) is 3. The van der Waals surface area contributed by atoms with Gasteiger partial charge in [-0.2, -0.15) is 0 Å². The molecule has 0 aliphatic rings. The second kappa shape index (κ2) is 8.03. The molecule has 0 bridgehead atoms. The Morgan fingerprint density at radius 1 is 1.15 bits per heavy atom. The van der Waals surface area contributed by atoms with Crippen LogP contribution in [0.5, 0.6) is 0 Å². The van der Waals surface area contributed by atoms with E-state index in [-0.39, 0.29) is 18.0 Å². The van der Waals surface area contributed by atoms with Crippen LogP contribution in [0.4, 0.5) is 11.4 Å². The number of carbonyl (C=O) groups excluding carboxylic acids is 1. The molecule has 0 saturated carbocycles. The number of carbonyl (C=O) groups is 1. The molecule has 0 aliphatic heterocycles. The zero-order valence-electron chi connectivity index (χ0n) is 15.8. The normalized spacial score (nSPS) is 11.0. The van der Waals surface area contributed by atoms with E-state index in [2.05, 4.69) is 36.0 Å². The lowest BCUT2D eigenvalue weighted by Crippen LogP contribution is -2.30. The number of rotatable bonds is 6. The Balaban J connectivity index is 1.75. The number of hydrogen-bond acceptors (Lipinski definition) is 4. The number of fused-ring (bicyclic) bond motifs is 1. The van der Waals surface area contributed by atoms with Gasteiger partial charge >= 0.3 is 0 Å². The molecule has 0 unspecified atom stereocenters. The van der Waals surface area contributed by atoms with Gasteiger partial charge in [0.25, 0.3) is 5.56 Å². The van der Waals surface area contributed by atoms with Gasteiger partial charge in [0.1, 0.15) is 6.54 Å². The zero-order valence-corrected chi connectivity index (χ0v) is 15.8. The molecule has 1 amide bonds. The fraction of sp³-hybridized carbons (Fsp3) is 0.286. The standard InChI is InChI=1S/C21H24N4O2/c1-4-24(15(2)3)17-11-9-16(10-12-17)23-20(26)14-25-19-8-6-5-7-18(19)22-13-21(25)27/h5-13,15H,4,14H2,1-3H3,(H,23,26). The van der Waals surface area contributed by atoms with Gasteiger partial charge in [0.2, 0.25) is 5.91 Å². The van der Waals surface area contributed by atoms with Crippen LogP contribution in [0.1, 0.15) is 20.8 Å².